The molecule has 0 radical (unpaired) electrons. The second kappa shape index (κ2) is 4.92. The molecule has 1 heterocycles. The van der Waals surface area contributed by atoms with Crippen LogP contribution in [0.1, 0.15) is 19.5 Å². The highest BCUT2D eigenvalue weighted by Gasteiger charge is 2.08. The molecule has 0 bridgehead atoms. The van der Waals surface area contributed by atoms with Crippen molar-refractivity contribution in [2.45, 2.75) is 26.8 Å². The number of aromatic nitrogens is 2. The Labute approximate surface area is 110 Å². The average molecular weight is 294 g/mol. The number of nitrogens with zero attached hydrogens (tertiary/aromatic N) is 2. The largest absolute Gasteiger partial charge is 0.353 e. The lowest BCUT2D eigenvalue weighted by atomic mass is 10.3. The second-order valence-corrected chi connectivity index (χ2v) is 5.27. The van der Waals surface area contributed by atoms with Crippen LogP contribution >= 0.6 is 15.9 Å². The summed E-state index contributed by atoms with van der Waals surface area (Å²) < 4.78 is 3.14. The van der Waals surface area contributed by atoms with Gasteiger partial charge < -0.3 is 5.32 Å². The Bertz CT molecular complexity index is 517. The summed E-state index contributed by atoms with van der Waals surface area (Å²) in [7, 11) is 0. The topological polar surface area (TPSA) is 29.9 Å². The predicted octanol–water partition coefficient (Wildman–Crippen LogP) is 3.76. The molecule has 2 rings (SSSR count). The lowest BCUT2D eigenvalue weighted by Gasteiger charge is -2.12. The fourth-order valence-corrected chi connectivity index (χ4v) is 2.07. The zero-order valence-corrected chi connectivity index (χ0v) is 11.8. The third kappa shape index (κ3) is 2.88. The molecule has 0 fully saturated rings. The molecule has 0 saturated heterocycles. The number of aryl methyl sites for hydroxylation is 1. The number of anilines is 1. The van der Waals surface area contributed by atoms with Crippen molar-refractivity contribution in [2.75, 3.05) is 5.32 Å². The van der Waals surface area contributed by atoms with Crippen molar-refractivity contribution in [3.8, 4) is 5.69 Å². The minimum atomic E-state index is 0.364. The summed E-state index contributed by atoms with van der Waals surface area (Å²) in [5.41, 5.74) is 2.11. The summed E-state index contributed by atoms with van der Waals surface area (Å²) in [6.45, 7) is 6.21. The third-order valence-electron chi connectivity index (χ3n) is 2.33. The van der Waals surface area contributed by atoms with Gasteiger partial charge in [0, 0.05) is 22.4 Å². The number of hydrogen-bond donors (Lipinski definition) is 1. The van der Waals surface area contributed by atoms with Crippen molar-refractivity contribution in [1.82, 2.24) is 9.55 Å². The predicted molar refractivity (Wildman–Crippen MR) is 74.8 cm³/mol. The summed E-state index contributed by atoms with van der Waals surface area (Å²) in [5, 5.41) is 3.35. The van der Waals surface area contributed by atoms with E-state index in [0.29, 0.717) is 6.04 Å². The van der Waals surface area contributed by atoms with Crippen LogP contribution in [0.3, 0.4) is 0 Å². The number of halogens is 1. The van der Waals surface area contributed by atoms with Gasteiger partial charge >= 0.3 is 0 Å². The van der Waals surface area contributed by atoms with Crippen LogP contribution in [0.4, 0.5) is 5.95 Å². The Balaban J connectivity index is 2.44. The van der Waals surface area contributed by atoms with Crippen LogP contribution in [-0.4, -0.2) is 15.6 Å². The first-order valence-electron chi connectivity index (χ1n) is 5.65. The van der Waals surface area contributed by atoms with Crippen LogP contribution in [0.25, 0.3) is 5.69 Å². The number of hydrogen-bond acceptors (Lipinski definition) is 2. The van der Waals surface area contributed by atoms with Gasteiger partial charge in [0.15, 0.2) is 0 Å². The van der Waals surface area contributed by atoms with E-state index in [1.54, 1.807) is 0 Å². The highest BCUT2D eigenvalue weighted by Crippen LogP contribution is 2.20. The van der Waals surface area contributed by atoms with Crippen molar-refractivity contribution in [1.29, 1.82) is 0 Å². The van der Waals surface area contributed by atoms with Crippen LogP contribution < -0.4 is 5.32 Å². The Kier molecular flexibility index (Phi) is 3.52. The molecular formula is C13H16BrN3. The zero-order chi connectivity index (χ0) is 12.4. The van der Waals surface area contributed by atoms with Crippen molar-refractivity contribution in [2.24, 2.45) is 0 Å². The molecule has 0 atom stereocenters. The Morgan fingerprint density at radius 3 is 2.76 bits per heavy atom. The van der Waals surface area contributed by atoms with Gasteiger partial charge in [-0.2, -0.15) is 0 Å². The lowest BCUT2D eigenvalue weighted by molar-refractivity contribution is 0.863. The van der Waals surface area contributed by atoms with Gasteiger partial charge in [-0.25, -0.2) is 4.98 Å². The molecule has 1 aromatic carbocycles. The van der Waals surface area contributed by atoms with Crippen molar-refractivity contribution < 1.29 is 0 Å². The van der Waals surface area contributed by atoms with Crippen LogP contribution in [-0.2, 0) is 0 Å². The molecule has 0 saturated carbocycles. The van der Waals surface area contributed by atoms with Crippen molar-refractivity contribution in [3.05, 3.63) is 40.6 Å². The fraction of sp³-hybridized carbons (Fsp3) is 0.308. The molecule has 0 aliphatic rings. The summed E-state index contributed by atoms with van der Waals surface area (Å²) in [5.74, 6) is 0.885. The van der Waals surface area contributed by atoms with E-state index in [0.717, 1.165) is 21.8 Å². The zero-order valence-electron chi connectivity index (χ0n) is 10.2. The molecule has 17 heavy (non-hydrogen) atoms. The van der Waals surface area contributed by atoms with Crippen LogP contribution in [0.15, 0.2) is 34.9 Å². The van der Waals surface area contributed by atoms with Gasteiger partial charge in [0.2, 0.25) is 5.95 Å². The molecule has 3 nitrogen and oxygen atoms in total. The van der Waals surface area contributed by atoms with E-state index < -0.39 is 0 Å². The van der Waals surface area contributed by atoms with E-state index in [1.807, 2.05) is 25.3 Å². The molecule has 0 unspecified atom stereocenters. The molecule has 2 aromatic rings. The van der Waals surface area contributed by atoms with Gasteiger partial charge in [-0.15, -0.1) is 0 Å². The van der Waals surface area contributed by atoms with E-state index in [4.69, 9.17) is 0 Å². The Hall–Kier alpha value is -1.29. The maximum Gasteiger partial charge on any atom is 0.207 e. The van der Waals surface area contributed by atoms with Crippen LogP contribution in [0.2, 0.25) is 0 Å². The molecule has 0 spiro atoms. The van der Waals surface area contributed by atoms with Crippen molar-refractivity contribution in [3.63, 3.8) is 0 Å². The van der Waals surface area contributed by atoms with E-state index in [1.165, 1.54) is 0 Å². The van der Waals surface area contributed by atoms with Crippen molar-refractivity contribution >= 4 is 21.9 Å². The minimum Gasteiger partial charge on any atom is -0.353 e. The average Bonchev–Trinajstić information content (AvgIpc) is 2.58. The molecule has 1 N–H and O–H groups in total. The molecule has 0 aliphatic heterocycles. The molecular weight excluding hydrogens is 278 g/mol. The van der Waals surface area contributed by atoms with E-state index in [-0.39, 0.29) is 0 Å². The Morgan fingerprint density at radius 2 is 2.12 bits per heavy atom. The molecule has 4 heteroatoms. The first-order chi connectivity index (χ1) is 8.06. The number of nitrogens with one attached hydrogen (secondary N) is 1. The molecule has 1 aromatic heterocycles. The quantitative estimate of drug-likeness (QED) is 0.934. The van der Waals surface area contributed by atoms with Gasteiger partial charge in [-0.05, 0) is 39.0 Å². The number of rotatable bonds is 3. The van der Waals surface area contributed by atoms with E-state index >= 15 is 0 Å². The van der Waals surface area contributed by atoms with Gasteiger partial charge in [0.1, 0.15) is 0 Å². The summed E-state index contributed by atoms with van der Waals surface area (Å²) in [4.78, 5) is 4.49. The summed E-state index contributed by atoms with van der Waals surface area (Å²) >= 11 is 3.49. The molecule has 0 amide bonds. The first-order valence-corrected chi connectivity index (χ1v) is 6.44. The second-order valence-electron chi connectivity index (χ2n) is 4.35. The SMILES string of the molecule is Cc1cn(-c2cccc(Br)c2)c(NC(C)C)n1. The maximum absolute atomic E-state index is 4.49. The maximum atomic E-state index is 4.49. The molecule has 0 aliphatic carbocycles. The normalized spacial score (nSPS) is 10.9. The highest BCUT2D eigenvalue weighted by molar-refractivity contribution is 9.10. The summed E-state index contributed by atoms with van der Waals surface area (Å²) in [6, 6.07) is 8.54. The molecule has 90 valence electrons. The van der Waals surface area contributed by atoms with Gasteiger partial charge in [-0.3, -0.25) is 4.57 Å². The fourth-order valence-electron chi connectivity index (χ4n) is 1.68. The summed E-state index contributed by atoms with van der Waals surface area (Å²) in [6.07, 6.45) is 2.03. The van der Waals surface area contributed by atoms with Gasteiger partial charge in [0.05, 0.1) is 5.69 Å². The highest BCUT2D eigenvalue weighted by atomic mass is 79.9. The number of benzene rings is 1. The minimum absolute atomic E-state index is 0.364. The van der Waals surface area contributed by atoms with Crippen LogP contribution in [0.5, 0.6) is 0 Å². The Morgan fingerprint density at radius 1 is 1.35 bits per heavy atom. The smallest absolute Gasteiger partial charge is 0.207 e. The first kappa shape index (κ1) is 12.2. The van der Waals surface area contributed by atoms with E-state index in [2.05, 4.69) is 56.8 Å². The third-order valence-corrected chi connectivity index (χ3v) is 2.82. The van der Waals surface area contributed by atoms with Crippen LogP contribution in [0, 0.1) is 6.92 Å². The monoisotopic (exact) mass is 293 g/mol. The number of imidazole rings is 1. The van der Waals surface area contributed by atoms with Gasteiger partial charge in [-0.1, -0.05) is 22.0 Å². The standard InChI is InChI=1S/C13H16BrN3/c1-9(2)15-13-16-10(3)8-17(13)12-6-4-5-11(14)7-12/h4-9H,1-3H3,(H,15,16). The van der Waals surface area contributed by atoms with E-state index in [9.17, 15) is 0 Å². The lowest BCUT2D eigenvalue weighted by Crippen LogP contribution is -2.13. The van der Waals surface area contributed by atoms with Gasteiger partial charge in [0.25, 0.3) is 0 Å².